The Kier molecular flexibility index (Phi) is 2.65. The van der Waals surface area contributed by atoms with E-state index in [4.69, 9.17) is 4.74 Å². The van der Waals surface area contributed by atoms with Crippen molar-refractivity contribution in [1.82, 2.24) is 0 Å². The average Bonchev–Trinajstić information content (AvgIpc) is 2.62. The van der Waals surface area contributed by atoms with E-state index in [9.17, 15) is 4.39 Å². The monoisotopic (exact) mass is 244 g/mol. The van der Waals surface area contributed by atoms with Crippen LogP contribution in [-0.2, 0) is 4.74 Å². The second-order valence-electron chi connectivity index (χ2n) is 3.18. The van der Waals surface area contributed by atoms with Crippen molar-refractivity contribution in [2.75, 3.05) is 6.61 Å². The lowest BCUT2D eigenvalue weighted by Gasteiger charge is -2.09. The van der Waals surface area contributed by atoms with Gasteiger partial charge in [-0.05, 0) is 46.5 Å². The predicted octanol–water partition coefficient (Wildman–Crippen LogP) is 3.44. The third kappa shape index (κ3) is 1.92. The molecule has 0 N–H and O–H groups in total. The molecule has 1 unspecified atom stereocenters. The first-order chi connectivity index (χ1) is 6.27. The van der Waals surface area contributed by atoms with Crippen molar-refractivity contribution in [1.29, 1.82) is 0 Å². The Balaban J connectivity index is 2.25. The molecule has 0 radical (unpaired) electrons. The first-order valence-corrected chi connectivity index (χ1v) is 5.13. The third-order valence-electron chi connectivity index (χ3n) is 2.25. The Labute approximate surface area is 85.0 Å². The zero-order chi connectivity index (χ0) is 9.26. The molecule has 0 aliphatic carbocycles. The van der Waals surface area contributed by atoms with Crippen molar-refractivity contribution in [3.8, 4) is 0 Å². The van der Waals surface area contributed by atoms with E-state index in [2.05, 4.69) is 15.9 Å². The summed E-state index contributed by atoms with van der Waals surface area (Å²) in [4.78, 5) is 0. The molecule has 3 heteroatoms. The van der Waals surface area contributed by atoms with E-state index in [1.165, 1.54) is 0 Å². The predicted molar refractivity (Wildman–Crippen MR) is 52.0 cm³/mol. The molecule has 70 valence electrons. The third-order valence-corrected chi connectivity index (χ3v) is 2.89. The summed E-state index contributed by atoms with van der Waals surface area (Å²) in [6.45, 7) is 0.794. The van der Waals surface area contributed by atoms with Crippen LogP contribution in [0.3, 0.4) is 0 Å². The van der Waals surface area contributed by atoms with Crippen molar-refractivity contribution in [3.63, 3.8) is 0 Å². The van der Waals surface area contributed by atoms with Gasteiger partial charge in [-0.2, -0.15) is 0 Å². The number of hydrogen-bond acceptors (Lipinski definition) is 1. The molecule has 2 rings (SSSR count). The maximum atomic E-state index is 13.1. The minimum atomic E-state index is -0.215. The minimum absolute atomic E-state index is 0.0996. The van der Waals surface area contributed by atoms with Gasteiger partial charge in [0.15, 0.2) is 0 Å². The average molecular weight is 245 g/mol. The van der Waals surface area contributed by atoms with E-state index in [1.54, 1.807) is 12.1 Å². The number of halogens is 2. The highest BCUT2D eigenvalue weighted by Crippen LogP contribution is 2.30. The van der Waals surface area contributed by atoms with Crippen LogP contribution < -0.4 is 0 Å². The van der Waals surface area contributed by atoms with Gasteiger partial charge in [0.2, 0.25) is 0 Å². The molecule has 1 aliphatic rings. The molecule has 0 saturated carbocycles. The van der Waals surface area contributed by atoms with Crippen LogP contribution in [0.4, 0.5) is 4.39 Å². The summed E-state index contributed by atoms with van der Waals surface area (Å²) in [6, 6.07) is 5.18. The molecular weight excluding hydrogens is 235 g/mol. The second-order valence-corrected chi connectivity index (χ2v) is 4.03. The molecule has 13 heavy (non-hydrogen) atoms. The van der Waals surface area contributed by atoms with E-state index in [0.29, 0.717) is 4.47 Å². The number of hydrogen-bond donors (Lipinski definition) is 0. The maximum Gasteiger partial charge on any atom is 0.137 e. The summed E-state index contributed by atoms with van der Waals surface area (Å²) in [5.74, 6) is -0.215. The quantitative estimate of drug-likeness (QED) is 0.736. The normalized spacial score (nSPS) is 22.2. The van der Waals surface area contributed by atoms with Crippen LogP contribution in [0.2, 0.25) is 0 Å². The number of benzene rings is 1. The summed E-state index contributed by atoms with van der Waals surface area (Å²) >= 11 is 3.12. The molecule has 1 aromatic rings. The molecule has 0 spiro atoms. The van der Waals surface area contributed by atoms with Crippen molar-refractivity contribution in [3.05, 3.63) is 34.1 Å². The summed E-state index contributed by atoms with van der Waals surface area (Å²) < 4.78 is 19.1. The van der Waals surface area contributed by atoms with Gasteiger partial charge in [0.05, 0.1) is 10.6 Å². The molecule has 1 fully saturated rings. The minimum Gasteiger partial charge on any atom is -0.374 e. The van der Waals surface area contributed by atoms with E-state index < -0.39 is 0 Å². The van der Waals surface area contributed by atoms with Crippen LogP contribution in [0.1, 0.15) is 24.5 Å². The van der Waals surface area contributed by atoms with E-state index >= 15 is 0 Å². The zero-order valence-corrected chi connectivity index (χ0v) is 8.68. The van der Waals surface area contributed by atoms with Gasteiger partial charge in [-0.15, -0.1) is 0 Å². The standard InChI is InChI=1S/C10H10BrFO/c11-8-4-3-7(6-9(8)12)10-2-1-5-13-10/h3-4,6,10H,1-2,5H2. The highest BCUT2D eigenvalue weighted by Gasteiger charge is 2.18. The largest absolute Gasteiger partial charge is 0.374 e. The molecule has 1 nitrogen and oxygen atoms in total. The van der Waals surface area contributed by atoms with Gasteiger partial charge in [-0.25, -0.2) is 4.39 Å². The van der Waals surface area contributed by atoms with E-state index in [-0.39, 0.29) is 11.9 Å². The molecule has 1 aliphatic heterocycles. The fourth-order valence-corrected chi connectivity index (χ4v) is 1.80. The molecule has 1 atom stereocenters. The first kappa shape index (κ1) is 9.16. The fourth-order valence-electron chi connectivity index (χ4n) is 1.55. The van der Waals surface area contributed by atoms with Crippen molar-refractivity contribution in [2.24, 2.45) is 0 Å². The van der Waals surface area contributed by atoms with Gasteiger partial charge in [0.25, 0.3) is 0 Å². The van der Waals surface area contributed by atoms with Crippen molar-refractivity contribution in [2.45, 2.75) is 18.9 Å². The Morgan fingerprint density at radius 1 is 1.46 bits per heavy atom. The molecule has 1 aromatic carbocycles. The molecule has 1 saturated heterocycles. The zero-order valence-electron chi connectivity index (χ0n) is 7.09. The maximum absolute atomic E-state index is 13.1. The molecule has 0 aromatic heterocycles. The van der Waals surface area contributed by atoms with E-state index in [1.807, 2.05) is 6.07 Å². The summed E-state index contributed by atoms with van der Waals surface area (Å²) in [5.41, 5.74) is 0.943. The van der Waals surface area contributed by atoms with Gasteiger partial charge in [-0.3, -0.25) is 0 Å². The highest BCUT2D eigenvalue weighted by molar-refractivity contribution is 9.10. The van der Waals surface area contributed by atoms with Crippen molar-refractivity contribution < 1.29 is 9.13 Å². The smallest absolute Gasteiger partial charge is 0.137 e. The lowest BCUT2D eigenvalue weighted by molar-refractivity contribution is 0.111. The number of ether oxygens (including phenoxy) is 1. The lowest BCUT2D eigenvalue weighted by Crippen LogP contribution is -1.96. The van der Waals surface area contributed by atoms with Gasteiger partial charge in [0, 0.05) is 6.61 Å². The first-order valence-electron chi connectivity index (χ1n) is 4.34. The Morgan fingerprint density at radius 2 is 2.31 bits per heavy atom. The lowest BCUT2D eigenvalue weighted by atomic mass is 10.1. The van der Waals surface area contributed by atoms with Crippen molar-refractivity contribution >= 4 is 15.9 Å². The van der Waals surface area contributed by atoms with Crippen LogP contribution >= 0.6 is 15.9 Å². The Bertz CT molecular complexity index is 308. The second kappa shape index (κ2) is 3.76. The Morgan fingerprint density at radius 3 is 2.92 bits per heavy atom. The topological polar surface area (TPSA) is 9.23 Å². The van der Waals surface area contributed by atoms with Crippen LogP contribution in [-0.4, -0.2) is 6.61 Å². The fraction of sp³-hybridized carbons (Fsp3) is 0.400. The summed E-state index contributed by atoms with van der Waals surface area (Å²) in [7, 11) is 0. The van der Waals surface area contributed by atoms with Gasteiger partial charge >= 0.3 is 0 Å². The van der Waals surface area contributed by atoms with Crippen LogP contribution in [0.15, 0.2) is 22.7 Å². The van der Waals surface area contributed by atoms with Gasteiger partial charge < -0.3 is 4.74 Å². The molecule has 0 bridgehead atoms. The van der Waals surface area contributed by atoms with Gasteiger partial charge in [-0.1, -0.05) is 6.07 Å². The van der Waals surface area contributed by atoms with Crippen LogP contribution in [0.25, 0.3) is 0 Å². The SMILES string of the molecule is Fc1cc(C2CCCO2)ccc1Br. The highest BCUT2D eigenvalue weighted by atomic mass is 79.9. The number of rotatable bonds is 1. The van der Waals surface area contributed by atoms with E-state index in [0.717, 1.165) is 25.0 Å². The molecular formula is C10H10BrFO. The van der Waals surface area contributed by atoms with Gasteiger partial charge in [0.1, 0.15) is 5.82 Å². The molecule has 1 heterocycles. The Hall–Kier alpha value is -0.410. The summed E-state index contributed by atoms with van der Waals surface area (Å²) in [5, 5.41) is 0. The molecule has 0 amide bonds. The van der Waals surface area contributed by atoms with Crippen LogP contribution in [0, 0.1) is 5.82 Å². The van der Waals surface area contributed by atoms with Crippen LogP contribution in [0.5, 0.6) is 0 Å². The summed E-state index contributed by atoms with van der Waals surface area (Å²) in [6.07, 6.45) is 2.17.